The second-order valence-corrected chi connectivity index (χ2v) is 3.00. The van der Waals surface area contributed by atoms with Gasteiger partial charge in [0.05, 0.1) is 0 Å². The van der Waals surface area contributed by atoms with Gasteiger partial charge in [0.25, 0.3) is 0 Å². The Balaban J connectivity index is 3.11. The zero-order valence-corrected chi connectivity index (χ0v) is 7.72. The number of benzene rings is 1. The van der Waals surface area contributed by atoms with E-state index in [-0.39, 0.29) is 0 Å². The lowest BCUT2D eigenvalue weighted by atomic mass is 9.99. The number of terminal acetylenes is 1. The van der Waals surface area contributed by atoms with E-state index in [0.717, 1.165) is 18.4 Å². The normalized spacial score (nSPS) is 9.42. The maximum atomic E-state index is 5.43. The highest BCUT2D eigenvalue weighted by molar-refractivity contribution is 5.45. The van der Waals surface area contributed by atoms with Gasteiger partial charge < -0.3 is 0 Å². The second-order valence-electron chi connectivity index (χ2n) is 3.00. The summed E-state index contributed by atoms with van der Waals surface area (Å²) in [6.07, 6.45) is 7.67. The Kier molecular flexibility index (Phi) is 2.94. The lowest BCUT2D eigenvalue weighted by Crippen LogP contribution is -1.91. The van der Waals surface area contributed by atoms with Crippen molar-refractivity contribution in [1.29, 1.82) is 0 Å². The fourth-order valence-electron chi connectivity index (χ4n) is 1.41. The van der Waals surface area contributed by atoms with Crippen molar-refractivity contribution in [2.75, 3.05) is 0 Å². The molecule has 0 aliphatic carbocycles. The number of aryl methyl sites for hydroxylation is 2. The van der Waals surface area contributed by atoms with Crippen molar-refractivity contribution in [3.05, 3.63) is 34.9 Å². The average Bonchev–Trinajstić information content (AvgIpc) is 2.05. The molecule has 0 atom stereocenters. The minimum absolute atomic E-state index is 1.08. The van der Waals surface area contributed by atoms with Gasteiger partial charge in [0.15, 0.2) is 0 Å². The van der Waals surface area contributed by atoms with Crippen LogP contribution in [0.25, 0.3) is 0 Å². The zero-order chi connectivity index (χ0) is 8.97. The van der Waals surface area contributed by atoms with Crippen molar-refractivity contribution >= 4 is 0 Å². The predicted octanol–water partition coefficient (Wildman–Crippen LogP) is 2.93. The Morgan fingerprint density at radius 2 is 2.17 bits per heavy atom. The molecule has 0 heterocycles. The van der Waals surface area contributed by atoms with Gasteiger partial charge in [-0.1, -0.05) is 37.5 Å². The Labute approximate surface area is 74.6 Å². The summed E-state index contributed by atoms with van der Waals surface area (Å²) in [4.78, 5) is 0. The van der Waals surface area contributed by atoms with Crippen molar-refractivity contribution in [2.45, 2.75) is 26.7 Å². The van der Waals surface area contributed by atoms with E-state index < -0.39 is 0 Å². The van der Waals surface area contributed by atoms with Crippen LogP contribution in [0, 0.1) is 19.3 Å². The molecule has 0 nitrogen and oxygen atoms in total. The van der Waals surface area contributed by atoms with Crippen LogP contribution < -0.4 is 0 Å². The van der Waals surface area contributed by atoms with Crippen molar-refractivity contribution in [2.24, 2.45) is 0 Å². The molecule has 0 spiro atoms. The van der Waals surface area contributed by atoms with Crippen molar-refractivity contribution in [3.63, 3.8) is 0 Å². The van der Waals surface area contributed by atoms with E-state index in [1.807, 2.05) is 0 Å². The van der Waals surface area contributed by atoms with E-state index in [2.05, 4.69) is 38.0 Å². The van der Waals surface area contributed by atoms with Gasteiger partial charge in [-0.05, 0) is 24.5 Å². The molecule has 62 valence electrons. The van der Waals surface area contributed by atoms with Gasteiger partial charge in [0.1, 0.15) is 0 Å². The molecule has 0 saturated heterocycles. The number of rotatable bonds is 2. The number of hydrogen-bond acceptors (Lipinski definition) is 0. The summed E-state index contributed by atoms with van der Waals surface area (Å²) in [6, 6.07) is 6.25. The summed E-state index contributed by atoms with van der Waals surface area (Å²) in [6.45, 7) is 4.23. The Hall–Kier alpha value is -1.22. The summed E-state index contributed by atoms with van der Waals surface area (Å²) in [5.41, 5.74) is 3.60. The summed E-state index contributed by atoms with van der Waals surface area (Å²) in [7, 11) is 0. The molecular formula is C12H14. The molecule has 0 aromatic heterocycles. The molecule has 0 N–H and O–H groups in total. The van der Waals surface area contributed by atoms with Crippen molar-refractivity contribution in [1.82, 2.24) is 0 Å². The quantitative estimate of drug-likeness (QED) is 0.580. The highest BCUT2D eigenvalue weighted by Gasteiger charge is 2.00. The van der Waals surface area contributed by atoms with E-state index in [9.17, 15) is 0 Å². The fraction of sp³-hybridized carbons (Fsp3) is 0.333. The first-order valence-electron chi connectivity index (χ1n) is 4.34. The molecule has 0 aliphatic heterocycles. The first-order chi connectivity index (χ1) is 5.79. The highest BCUT2D eigenvalue weighted by atomic mass is 14.0. The fourth-order valence-corrected chi connectivity index (χ4v) is 1.41. The van der Waals surface area contributed by atoms with Gasteiger partial charge in [-0.3, -0.25) is 0 Å². The molecule has 1 aromatic carbocycles. The second kappa shape index (κ2) is 3.97. The Morgan fingerprint density at radius 1 is 1.42 bits per heavy atom. The van der Waals surface area contributed by atoms with Gasteiger partial charge in [-0.25, -0.2) is 0 Å². The minimum atomic E-state index is 1.08. The van der Waals surface area contributed by atoms with Crippen LogP contribution in [0.3, 0.4) is 0 Å². The molecule has 12 heavy (non-hydrogen) atoms. The maximum absolute atomic E-state index is 5.43. The first-order valence-corrected chi connectivity index (χ1v) is 4.34. The molecule has 1 aromatic rings. The molecule has 0 aliphatic rings. The molecular weight excluding hydrogens is 144 g/mol. The zero-order valence-electron chi connectivity index (χ0n) is 7.72. The third-order valence-electron chi connectivity index (χ3n) is 2.02. The lowest BCUT2D eigenvalue weighted by Gasteiger charge is -2.05. The molecule has 0 amide bonds. The average molecular weight is 158 g/mol. The van der Waals surface area contributed by atoms with E-state index >= 15 is 0 Å². The van der Waals surface area contributed by atoms with E-state index in [0.29, 0.717) is 0 Å². The molecule has 0 bridgehead atoms. The summed E-state index contributed by atoms with van der Waals surface area (Å²) in [5.74, 6) is 2.75. The van der Waals surface area contributed by atoms with Crippen molar-refractivity contribution in [3.8, 4) is 12.3 Å². The lowest BCUT2D eigenvalue weighted by molar-refractivity contribution is 0.917. The summed E-state index contributed by atoms with van der Waals surface area (Å²) >= 11 is 0. The van der Waals surface area contributed by atoms with Gasteiger partial charge in [-0.15, -0.1) is 6.42 Å². The molecule has 0 saturated carbocycles. The van der Waals surface area contributed by atoms with Gasteiger partial charge in [0, 0.05) is 5.56 Å². The molecule has 0 radical (unpaired) electrons. The monoisotopic (exact) mass is 158 g/mol. The topological polar surface area (TPSA) is 0 Å². The van der Waals surface area contributed by atoms with Crippen LogP contribution >= 0.6 is 0 Å². The van der Waals surface area contributed by atoms with Crippen LogP contribution in [-0.4, -0.2) is 0 Å². The third-order valence-corrected chi connectivity index (χ3v) is 2.02. The molecule has 1 rings (SSSR count). The largest absolute Gasteiger partial charge is 0.115 e. The van der Waals surface area contributed by atoms with Crippen LogP contribution in [0.2, 0.25) is 0 Å². The molecule has 0 fully saturated rings. The van der Waals surface area contributed by atoms with Crippen molar-refractivity contribution < 1.29 is 0 Å². The first kappa shape index (κ1) is 8.87. The molecule has 0 unspecified atom stereocenters. The molecule has 0 heteroatoms. The van der Waals surface area contributed by atoms with Gasteiger partial charge in [-0.2, -0.15) is 0 Å². The van der Waals surface area contributed by atoms with Crippen LogP contribution in [0.5, 0.6) is 0 Å². The van der Waals surface area contributed by atoms with Crippen LogP contribution in [0.1, 0.15) is 30.0 Å². The van der Waals surface area contributed by atoms with Gasteiger partial charge >= 0.3 is 0 Å². The Morgan fingerprint density at radius 3 is 2.75 bits per heavy atom. The minimum Gasteiger partial charge on any atom is -0.115 e. The third kappa shape index (κ3) is 1.68. The highest BCUT2D eigenvalue weighted by Crippen LogP contribution is 2.14. The standard InChI is InChI=1S/C12H14/c1-4-7-11-9-6-8-10(3)12(11)5-2/h2,6,8-9H,4,7H2,1,3H3. The van der Waals surface area contributed by atoms with E-state index in [1.54, 1.807) is 0 Å². The Bertz CT molecular complexity index is 302. The van der Waals surface area contributed by atoms with Crippen LogP contribution in [0.15, 0.2) is 18.2 Å². The smallest absolute Gasteiger partial charge is 0.0303 e. The SMILES string of the molecule is C#Cc1c(C)cccc1CCC. The predicted molar refractivity (Wildman–Crippen MR) is 53.1 cm³/mol. The summed E-state index contributed by atoms with van der Waals surface area (Å²) < 4.78 is 0. The summed E-state index contributed by atoms with van der Waals surface area (Å²) in [5, 5.41) is 0. The van der Waals surface area contributed by atoms with E-state index in [1.165, 1.54) is 11.1 Å². The van der Waals surface area contributed by atoms with Crippen LogP contribution in [0.4, 0.5) is 0 Å². The van der Waals surface area contributed by atoms with Gasteiger partial charge in [0.2, 0.25) is 0 Å². The maximum Gasteiger partial charge on any atom is 0.0303 e. The van der Waals surface area contributed by atoms with E-state index in [4.69, 9.17) is 6.42 Å². The number of hydrogen-bond donors (Lipinski definition) is 0. The van der Waals surface area contributed by atoms with Crippen LogP contribution in [-0.2, 0) is 6.42 Å².